The van der Waals surface area contributed by atoms with E-state index in [0.29, 0.717) is 10.0 Å². The monoisotopic (exact) mass is 328 g/mol. The third-order valence-corrected chi connectivity index (χ3v) is 4.19. The Kier molecular flexibility index (Phi) is 4.13. The number of rotatable bonds is 2. The Morgan fingerprint density at radius 3 is 2.24 bits per heavy atom. The number of hydrogen-bond acceptors (Lipinski definition) is 0. The average molecular weight is 330 g/mol. The van der Waals surface area contributed by atoms with E-state index in [1.54, 1.807) is 6.07 Å². The second-order valence-electron chi connectivity index (χ2n) is 3.94. The van der Waals surface area contributed by atoms with Crippen LogP contribution in [0.3, 0.4) is 0 Å². The van der Waals surface area contributed by atoms with E-state index in [4.69, 9.17) is 23.2 Å². The van der Waals surface area contributed by atoms with Crippen molar-refractivity contribution < 1.29 is 0 Å². The van der Waals surface area contributed by atoms with Crippen molar-refractivity contribution in [3.8, 4) is 0 Å². The van der Waals surface area contributed by atoms with Gasteiger partial charge in [-0.05, 0) is 30.2 Å². The van der Waals surface area contributed by atoms with Gasteiger partial charge in [0.05, 0.1) is 4.83 Å². The summed E-state index contributed by atoms with van der Waals surface area (Å²) >= 11 is 15.7. The first-order chi connectivity index (χ1) is 8.08. The molecule has 0 nitrogen and oxygen atoms in total. The molecule has 0 aliphatic heterocycles. The van der Waals surface area contributed by atoms with E-state index >= 15 is 0 Å². The molecule has 1 unspecified atom stereocenters. The van der Waals surface area contributed by atoms with E-state index in [-0.39, 0.29) is 4.83 Å². The highest BCUT2D eigenvalue weighted by Crippen LogP contribution is 2.36. The molecule has 1 atom stereocenters. The van der Waals surface area contributed by atoms with Crippen LogP contribution in [0.5, 0.6) is 0 Å². The fraction of sp³-hybridized carbons (Fsp3) is 0.143. The summed E-state index contributed by atoms with van der Waals surface area (Å²) in [5, 5.41) is 1.34. The van der Waals surface area contributed by atoms with Crippen molar-refractivity contribution in [1.82, 2.24) is 0 Å². The fourth-order valence-electron chi connectivity index (χ4n) is 1.62. The number of aryl methyl sites for hydroxylation is 1. The molecule has 0 radical (unpaired) electrons. The summed E-state index contributed by atoms with van der Waals surface area (Å²) in [6, 6.07) is 13.9. The van der Waals surface area contributed by atoms with Crippen LogP contribution < -0.4 is 0 Å². The lowest BCUT2D eigenvalue weighted by Gasteiger charge is -2.13. The SMILES string of the molecule is Cc1ccc(C(Br)c2ccc(Cl)cc2Cl)cc1. The van der Waals surface area contributed by atoms with Gasteiger partial charge in [-0.3, -0.25) is 0 Å². The molecule has 0 fully saturated rings. The highest BCUT2D eigenvalue weighted by atomic mass is 79.9. The first kappa shape index (κ1) is 12.9. The maximum atomic E-state index is 6.19. The summed E-state index contributed by atoms with van der Waals surface area (Å²) in [5.74, 6) is 0. The molecule has 0 aromatic heterocycles. The summed E-state index contributed by atoms with van der Waals surface area (Å²) in [6.07, 6.45) is 0. The highest BCUT2D eigenvalue weighted by Gasteiger charge is 2.13. The number of hydrogen-bond donors (Lipinski definition) is 0. The number of benzene rings is 2. The van der Waals surface area contributed by atoms with Gasteiger partial charge in [-0.25, -0.2) is 0 Å². The van der Waals surface area contributed by atoms with E-state index in [1.807, 2.05) is 12.1 Å². The third kappa shape index (κ3) is 3.04. The van der Waals surface area contributed by atoms with Gasteiger partial charge >= 0.3 is 0 Å². The Morgan fingerprint density at radius 2 is 1.65 bits per heavy atom. The van der Waals surface area contributed by atoms with Gasteiger partial charge < -0.3 is 0 Å². The van der Waals surface area contributed by atoms with Gasteiger partial charge in [-0.2, -0.15) is 0 Å². The quantitative estimate of drug-likeness (QED) is 0.612. The molecule has 0 heterocycles. The predicted molar refractivity (Wildman–Crippen MR) is 78.4 cm³/mol. The molecule has 2 aromatic rings. The van der Waals surface area contributed by atoms with Crippen LogP contribution in [0.4, 0.5) is 0 Å². The molecule has 0 aliphatic rings. The first-order valence-electron chi connectivity index (χ1n) is 5.23. The Bertz CT molecular complexity index is 520. The van der Waals surface area contributed by atoms with Crippen molar-refractivity contribution in [2.45, 2.75) is 11.8 Å². The first-order valence-corrected chi connectivity index (χ1v) is 6.90. The van der Waals surface area contributed by atoms with E-state index in [9.17, 15) is 0 Å². The van der Waals surface area contributed by atoms with Crippen LogP contribution in [0.15, 0.2) is 42.5 Å². The predicted octanol–water partition coefficient (Wildman–Crippen LogP) is 5.79. The summed E-state index contributed by atoms with van der Waals surface area (Å²) in [7, 11) is 0. The maximum absolute atomic E-state index is 6.19. The summed E-state index contributed by atoms with van der Waals surface area (Å²) in [4.78, 5) is 0.0906. The highest BCUT2D eigenvalue weighted by molar-refractivity contribution is 9.09. The van der Waals surface area contributed by atoms with E-state index < -0.39 is 0 Å². The molecular formula is C14H11BrCl2. The largest absolute Gasteiger partial charge is 0.0843 e. The molecule has 0 saturated heterocycles. The average Bonchev–Trinajstić information content (AvgIpc) is 2.29. The van der Waals surface area contributed by atoms with Crippen molar-refractivity contribution in [3.05, 3.63) is 69.2 Å². The minimum Gasteiger partial charge on any atom is -0.0843 e. The minimum atomic E-state index is 0.0906. The van der Waals surface area contributed by atoms with Crippen LogP contribution in [0, 0.1) is 6.92 Å². The van der Waals surface area contributed by atoms with Gasteiger partial charge in [0.25, 0.3) is 0 Å². The summed E-state index contributed by atoms with van der Waals surface area (Å²) in [6.45, 7) is 2.07. The number of alkyl halides is 1. The molecule has 2 rings (SSSR count). The van der Waals surface area contributed by atoms with Gasteiger partial charge in [0.15, 0.2) is 0 Å². The minimum absolute atomic E-state index is 0.0906. The lowest BCUT2D eigenvalue weighted by atomic mass is 10.0. The third-order valence-electron chi connectivity index (χ3n) is 2.61. The van der Waals surface area contributed by atoms with E-state index in [0.717, 1.165) is 5.56 Å². The molecule has 17 heavy (non-hydrogen) atoms. The molecule has 0 amide bonds. The van der Waals surface area contributed by atoms with Crippen molar-refractivity contribution >= 4 is 39.1 Å². The fourth-order valence-corrected chi connectivity index (χ4v) is 2.98. The molecule has 0 aliphatic carbocycles. The molecule has 2 aromatic carbocycles. The summed E-state index contributed by atoms with van der Waals surface area (Å²) in [5.41, 5.74) is 3.45. The van der Waals surface area contributed by atoms with Gasteiger partial charge in [0.1, 0.15) is 0 Å². The molecular weight excluding hydrogens is 319 g/mol. The number of halogens is 3. The van der Waals surface area contributed by atoms with Gasteiger partial charge in [0, 0.05) is 10.0 Å². The second-order valence-corrected chi connectivity index (χ2v) is 5.70. The standard InChI is InChI=1S/C14H11BrCl2/c1-9-2-4-10(5-3-9)14(15)12-7-6-11(16)8-13(12)17/h2-8,14H,1H3. The molecule has 3 heteroatoms. The maximum Gasteiger partial charge on any atom is 0.0659 e. The normalized spacial score (nSPS) is 12.5. The van der Waals surface area contributed by atoms with Gasteiger partial charge in [-0.1, -0.05) is 75.0 Å². The Balaban J connectivity index is 2.36. The Morgan fingerprint density at radius 1 is 1.00 bits per heavy atom. The Labute approximate surface area is 120 Å². The van der Waals surface area contributed by atoms with Gasteiger partial charge in [0.2, 0.25) is 0 Å². The zero-order chi connectivity index (χ0) is 12.4. The van der Waals surface area contributed by atoms with Crippen molar-refractivity contribution in [2.24, 2.45) is 0 Å². The molecule has 0 bridgehead atoms. The Hall–Kier alpha value is -0.500. The van der Waals surface area contributed by atoms with Crippen LogP contribution in [0.25, 0.3) is 0 Å². The van der Waals surface area contributed by atoms with E-state index in [1.165, 1.54) is 11.1 Å². The van der Waals surface area contributed by atoms with Crippen LogP contribution in [-0.2, 0) is 0 Å². The molecule has 88 valence electrons. The molecule has 0 spiro atoms. The van der Waals surface area contributed by atoms with Crippen molar-refractivity contribution in [3.63, 3.8) is 0 Å². The van der Waals surface area contributed by atoms with Crippen molar-refractivity contribution in [2.75, 3.05) is 0 Å². The summed E-state index contributed by atoms with van der Waals surface area (Å²) < 4.78 is 0. The van der Waals surface area contributed by atoms with Gasteiger partial charge in [-0.15, -0.1) is 0 Å². The van der Waals surface area contributed by atoms with E-state index in [2.05, 4.69) is 47.1 Å². The lowest BCUT2D eigenvalue weighted by Crippen LogP contribution is -1.93. The lowest BCUT2D eigenvalue weighted by molar-refractivity contribution is 1.17. The second kappa shape index (κ2) is 5.43. The van der Waals surface area contributed by atoms with Crippen LogP contribution in [-0.4, -0.2) is 0 Å². The topological polar surface area (TPSA) is 0 Å². The van der Waals surface area contributed by atoms with Crippen LogP contribution in [0.2, 0.25) is 10.0 Å². The van der Waals surface area contributed by atoms with Crippen LogP contribution >= 0.6 is 39.1 Å². The smallest absolute Gasteiger partial charge is 0.0659 e. The zero-order valence-electron chi connectivity index (χ0n) is 9.25. The molecule has 0 saturated carbocycles. The van der Waals surface area contributed by atoms with Crippen molar-refractivity contribution in [1.29, 1.82) is 0 Å². The molecule has 0 N–H and O–H groups in total. The zero-order valence-corrected chi connectivity index (χ0v) is 12.4. The van der Waals surface area contributed by atoms with Crippen LogP contribution in [0.1, 0.15) is 21.5 Å².